The molecule has 1 aromatic heterocycles. The molecule has 0 aliphatic carbocycles. The SMILES string of the molecule is CC(C)CCNC(=O)Cc1csc(Nc2ccc(S(C)(=O)=O)cc2)n1. The number of hydrogen-bond donors (Lipinski definition) is 2. The number of benzene rings is 1. The Bertz CT molecular complexity index is 812. The molecule has 1 aromatic carbocycles. The minimum Gasteiger partial charge on any atom is -0.356 e. The lowest BCUT2D eigenvalue weighted by atomic mass is 10.1. The second-order valence-electron chi connectivity index (χ2n) is 6.27. The van der Waals surface area contributed by atoms with Crippen LogP contribution in [-0.2, 0) is 21.1 Å². The first-order chi connectivity index (χ1) is 11.7. The standard InChI is InChI=1S/C17H23N3O3S2/c1-12(2)8-9-18-16(21)10-14-11-24-17(20-14)19-13-4-6-15(7-5-13)25(3,22)23/h4-7,11-12H,8-10H2,1-3H3,(H,18,21)(H,19,20). The maximum absolute atomic E-state index is 11.9. The van der Waals surface area contributed by atoms with E-state index in [0.717, 1.165) is 12.1 Å². The van der Waals surface area contributed by atoms with Gasteiger partial charge in [0.05, 0.1) is 17.0 Å². The van der Waals surface area contributed by atoms with Crippen LogP contribution in [-0.4, -0.2) is 32.1 Å². The molecule has 0 bridgehead atoms. The maximum Gasteiger partial charge on any atom is 0.226 e. The number of amides is 1. The topological polar surface area (TPSA) is 88.2 Å². The number of sulfone groups is 1. The molecular formula is C17H23N3O3S2. The van der Waals surface area contributed by atoms with Crippen LogP contribution in [0.2, 0.25) is 0 Å². The molecule has 2 aromatic rings. The fourth-order valence-corrected chi connectivity index (χ4v) is 3.44. The summed E-state index contributed by atoms with van der Waals surface area (Å²) in [5.41, 5.74) is 1.46. The molecule has 136 valence electrons. The number of thiazole rings is 1. The monoisotopic (exact) mass is 381 g/mol. The summed E-state index contributed by atoms with van der Waals surface area (Å²) in [6.45, 7) is 4.92. The number of carbonyl (C=O) groups is 1. The first kappa shape index (κ1) is 19.4. The molecular weight excluding hydrogens is 358 g/mol. The van der Waals surface area contributed by atoms with Gasteiger partial charge >= 0.3 is 0 Å². The van der Waals surface area contributed by atoms with E-state index in [9.17, 15) is 13.2 Å². The first-order valence-corrected chi connectivity index (χ1v) is 10.8. The van der Waals surface area contributed by atoms with Crippen LogP contribution in [0.15, 0.2) is 34.5 Å². The predicted molar refractivity (Wildman–Crippen MR) is 101 cm³/mol. The highest BCUT2D eigenvalue weighted by Gasteiger charge is 2.09. The van der Waals surface area contributed by atoms with E-state index in [1.807, 2.05) is 5.38 Å². The average molecular weight is 382 g/mol. The minimum absolute atomic E-state index is 0.0324. The number of carbonyl (C=O) groups excluding carboxylic acids is 1. The van der Waals surface area contributed by atoms with Gasteiger partial charge in [0.25, 0.3) is 0 Å². The van der Waals surface area contributed by atoms with Gasteiger partial charge in [-0.1, -0.05) is 13.8 Å². The molecule has 0 atom stereocenters. The summed E-state index contributed by atoms with van der Waals surface area (Å²) in [5, 5.41) is 8.51. The van der Waals surface area contributed by atoms with Crippen LogP contribution in [0.3, 0.4) is 0 Å². The molecule has 8 heteroatoms. The fourth-order valence-electron chi connectivity index (χ4n) is 2.08. The van der Waals surface area contributed by atoms with Gasteiger partial charge in [0.15, 0.2) is 15.0 Å². The van der Waals surface area contributed by atoms with Crippen LogP contribution in [0.1, 0.15) is 26.0 Å². The molecule has 0 spiro atoms. The highest BCUT2D eigenvalue weighted by Crippen LogP contribution is 2.22. The van der Waals surface area contributed by atoms with Crippen molar-refractivity contribution >= 4 is 37.9 Å². The van der Waals surface area contributed by atoms with Gasteiger partial charge in [0, 0.05) is 23.9 Å². The lowest BCUT2D eigenvalue weighted by Gasteiger charge is -2.06. The second kappa shape index (κ2) is 8.44. The van der Waals surface area contributed by atoms with E-state index in [1.54, 1.807) is 24.3 Å². The Morgan fingerprint density at radius 2 is 1.92 bits per heavy atom. The Morgan fingerprint density at radius 3 is 2.52 bits per heavy atom. The van der Waals surface area contributed by atoms with Crippen molar-refractivity contribution in [2.24, 2.45) is 5.92 Å². The minimum atomic E-state index is -3.20. The van der Waals surface area contributed by atoms with E-state index in [-0.39, 0.29) is 17.2 Å². The Kier molecular flexibility index (Phi) is 6.55. The summed E-state index contributed by atoms with van der Waals surface area (Å²) in [6, 6.07) is 6.48. The Labute approximate surface area is 152 Å². The molecule has 6 nitrogen and oxygen atoms in total. The van der Waals surface area contributed by atoms with Gasteiger partial charge in [-0.3, -0.25) is 4.79 Å². The zero-order valence-corrected chi connectivity index (χ0v) is 16.2. The summed E-state index contributed by atoms with van der Waals surface area (Å²) >= 11 is 1.40. The quantitative estimate of drug-likeness (QED) is 0.734. The van der Waals surface area contributed by atoms with Crippen LogP contribution in [0.25, 0.3) is 0 Å². The van der Waals surface area contributed by atoms with Crippen LogP contribution in [0.5, 0.6) is 0 Å². The molecule has 25 heavy (non-hydrogen) atoms. The van der Waals surface area contributed by atoms with Crippen LogP contribution < -0.4 is 10.6 Å². The largest absolute Gasteiger partial charge is 0.356 e. The van der Waals surface area contributed by atoms with Crippen molar-refractivity contribution in [1.29, 1.82) is 0 Å². The third-order valence-electron chi connectivity index (χ3n) is 3.47. The molecule has 0 fully saturated rings. The summed E-state index contributed by atoms with van der Waals surface area (Å²) in [4.78, 5) is 16.5. The molecule has 0 radical (unpaired) electrons. The molecule has 0 saturated carbocycles. The maximum atomic E-state index is 11.9. The fraction of sp³-hybridized carbons (Fsp3) is 0.412. The molecule has 2 N–H and O–H groups in total. The third kappa shape index (κ3) is 6.47. The highest BCUT2D eigenvalue weighted by molar-refractivity contribution is 7.90. The number of anilines is 2. The lowest BCUT2D eigenvalue weighted by Crippen LogP contribution is -2.26. The summed E-state index contributed by atoms with van der Waals surface area (Å²) in [6.07, 6.45) is 2.39. The number of aromatic nitrogens is 1. The van der Waals surface area contributed by atoms with Crippen LogP contribution in [0, 0.1) is 5.92 Å². The zero-order valence-electron chi connectivity index (χ0n) is 14.6. The van der Waals surface area contributed by atoms with Gasteiger partial charge in [0.1, 0.15) is 0 Å². The van der Waals surface area contributed by atoms with Gasteiger partial charge in [-0.05, 0) is 36.6 Å². The normalized spacial score (nSPS) is 11.5. The Hall–Kier alpha value is -1.93. The van der Waals surface area contributed by atoms with Gasteiger partial charge in [-0.2, -0.15) is 0 Å². The zero-order chi connectivity index (χ0) is 18.4. The highest BCUT2D eigenvalue weighted by atomic mass is 32.2. The van der Waals surface area contributed by atoms with Gasteiger partial charge < -0.3 is 10.6 Å². The van der Waals surface area contributed by atoms with Crippen molar-refractivity contribution in [3.63, 3.8) is 0 Å². The first-order valence-electron chi connectivity index (χ1n) is 8.02. The molecule has 0 aliphatic heterocycles. The molecule has 0 unspecified atom stereocenters. The summed E-state index contributed by atoms with van der Waals surface area (Å²) in [7, 11) is -3.20. The van der Waals surface area contributed by atoms with E-state index in [2.05, 4.69) is 29.5 Å². The Morgan fingerprint density at radius 1 is 1.24 bits per heavy atom. The second-order valence-corrected chi connectivity index (χ2v) is 9.15. The molecule has 1 heterocycles. The van der Waals surface area contributed by atoms with E-state index >= 15 is 0 Å². The van der Waals surface area contributed by atoms with Crippen LogP contribution >= 0.6 is 11.3 Å². The molecule has 1 amide bonds. The Balaban J connectivity index is 1.90. The van der Waals surface area contributed by atoms with Crippen molar-refractivity contribution in [3.05, 3.63) is 35.3 Å². The third-order valence-corrected chi connectivity index (χ3v) is 5.41. The number of hydrogen-bond acceptors (Lipinski definition) is 6. The number of rotatable bonds is 8. The van der Waals surface area contributed by atoms with E-state index in [0.29, 0.717) is 23.3 Å². The number of nitrogens with zero attached hydrogens (tertiary/aromatic N) is 1. The smallest absolute Gasteiger partial charge is 0.226 e. The lowest BCUT2D eigenvalue weighted by molar-refractivity contribution is -0.120. The molecule has 2 rings (SSSR count). The van der Waals surface area contributed by atoms with Crippen molar-refractivity contribution < 1.29 is 13.2 Å². The van der Waals surface area contributed by atoms with Gasteiger partial charge in [-0.15, -0.1) is 11.3 Å². The van der Waals surface area contributed by atoms with Crippen LogP contribution in [0.4, 0.5) is 10.8 Å². The van der Waals surface area contributed by atoms with Crippen molar-refractivity contribution in [2.45, 2.75) is 31.6 Å². The van der Waals surface area contributed by atoms with Crippen molar-refractivity contribution in [2.75, 3.05) is 18.1 Å². The number of nitrogens with one attached hydrogen (secondary N) is 2. The van der Waals surface area contributed by atoms with Gasteiger partial charge in [-0.25, -0.2) is 13.4 Å². The molecule has 0 aliphatic rings. The summed E-state index contributed by atoms with van der Waals surface area (Å²) < 4.78 is 22.9. The van der Waals surface area contributed by atoms with Gasteiger partial charge in [0.2, 0.25) is 5.91 Å². The molecule has 0 saturated heterocycles. The van der Waals surface area contributed by atoms with E-state index < -0.39 is 9.84 Å². The summed E-state index contributed by atoms with van der Waals surface area (Å²) in [5.74, 6) is 0.527. The van der Waals surface area contributed by atoms with Crippen molar-refractivity contribution in [3.8, 4) is 0 Å². The average Bonchev–Trinajstić information content (AvgIpc) is 2.93. The van der Waals surface area contributed by atoms with E-state index in [4.69, 9.17) is 0 Å². The van der Waals surface area contributed by atoms with E-state index in [1.165, 1.54) is 17.6 Å². The van der Waals surface area contributed by atoms with Crippen molar-refractivity contribution in [1.82, 2.24) is 10.3 Å². The predicted octanol–water partition coefficient (Wildman–Crippen LogP) is 3.00.